The molecule has 0 amide bonds. The molecule has 0 aliphatic heterocycles. The van der Waals surface area contributed by atoms with E-state index in [0.29, 0.717) is 11.4 Å². The molecule has 5 heteroatoms. The Labute approximate surface area is 91.6 Å². The standard InChI is InChI=1S/C9H17BrF3N/c1-7(10)6-8(2)14-5-3-4-9(11,12)13/h7-8,14H,3-6H2,1-2H3. The Balaban J connectivity index is 3.36. The summed E-state index contributed by atoms with van der Waals surface area (Å²) in [5.74, 6) is 0. The molecule has 0 aliphatic carbocycles. The van der Waals surface area contributed by atoms with E-state index in [1.54, 1.807) is 0 Å². The van der Waals surface area contributed by atoms with Crippen molar-refractivity contribution in [1.82, 2.24) is 5.32 Å². The summed E-state index contributed by atoms with van der Waals surface area (Å²) in [6.45, 7) is 4.43. The zero-order valence-corrected chi connectivity index (χ0v) is 10.1. The monoisotopic (exact) mass is 275 g/mol. The Bertz CT molecular complexity index is 147. The Hall–Kier alpha value is 0.230. The average Bonchev–Trinajstić information content (AvgIpc) is 1.95. The first kappa shape index (κ1) is 14.2. The quantitative estimate of drug-likeness (QED) is 0.578. The molecule has 0 aromatic heterocycles. The van der Waals surface area contributed by atoms with Crippen molar-refractivity contribution in [1.29, 1.82) is 0 Å². The lowest BCUT2D eigenvalue weighted by atomic mass is 10.2. The second-order valence-electron chi connectivity index (χ2n) is 3.59. The number of halogens is 4. The van der Waals surface area contributed by atoms with E-state index in [9.17, 15) is 13.2 Å². The van der Waals surface area contributed by atoms with Crippen molar-refractivity contribution in [3.05, 3.63) is 0 Å². The molecule has 0 fully saturated rings. The van der Waals surface area contributed by atoms with E-state index in [4.69, 9.17) is 0 Å². The zero-order valence-electron chi connectivity index (χ0n) is 8.49. The van der Waals surface area contributed by atoms with Crippen LogP contribution >= 0.6 is 15.9 Å². The van der Waals surface area contributed by atoms with E-state index in [1.165, 1.54) is 0 Å². The van der Waals surface area contributed by atoms with Crippen LogP contribution in [-0.2, 0) is 0 Å². The van der Waals surface area contributed by atoms with E-state index >= 15 is 0 Å². The van der Waals surface area contributed by atoms with Crippen LogP contribution < -0.4 is 5.32 Å². The van der Waals surface area contributed by atoms with Crippen LogP contribution in [0.1, 0.15) is 33.1 Å². The highest BCUT2D eigenvalue weighted by Gasteiger charge is 2.25. The van der Waals surface area contributed by atoms with Gasteiger partial charge < -0.3 is 5.32 Å². The molecule has 0 aromatic rings. The van der Waals surface area contributed by atoms with Crippen molar-refractivity contribution in [2.45, 2.75) is 50.2 Å². The lowest BCUT2D eigenvalue weighted by Crippen LogP contribution is -2.29. The summed E-state index contributed by atoms with van der Waals surface area (Å²) < 4.78 is 35.3. The highest BCUT2D eigenvalue weighted by atomic mass is 79.9. The average molecular weight is 276 g/mol. The van der Waals surface area contributed by atoms with Crippen molar-refractivity contribution in [3.8, 4) is 0 Å². The third kappa shape index (κ3) is 10.3. The van der Waals surface area contributed by atoms with Crippen LogP contribution in [0.4, 0.5) is 13.2 Å². The number of alkyl halides is 4. The largest absolute Gasteiger partial charge is 0.389 e. The molecule has 0 saturated carbocycles. The van der Waals surface area contributed by atoms with Crippen molar-refractivity contribution < 1.29 is 13.2 Å². The predicted octanol–water partition coefficient (Wildman–Crippen LogP) is 3.48. The van der Waals surface area contributed by atoms with Crippen LogP contribution in [0.3, 0.4) is 0 Å². The van der Waals surface area contributed by atoms with Gasteiger partial charge in [0.15, 0.2) is 0 Å². The lowest BCUT2D eigenvalue weighted by molar-refractivity contribution is -0.135. The van der Waals surface area contributed by atoms with Crippen LogP contribution in [0.15, 0.2) is 0 Å². The van der Waals surface area contributed by atoms with Gasteiger partial charge in [-0.05, 0) is 26.3 Å². The first-order valence-electron chi connectivity index (χ1n) is 4.75. The van der Waals surface area contributed by atoms with Crippen molar-refractivity contribution >= 4 is 15.9 Å². The van der Waals surface area contributed by atoms with Crippen molar-refractivity contribution in [3.63, 3.8) is 0 Å². The molecule has 1 N–H and O–H groups in total. The zero-order chi connectivity index (χ0) is 11.2. The summed E-state index contributed by atoms with van der Waals surface area (Å²) in [4.78, 5) is 0.396. The minimum absolute atomic E-state index is 0.157. The van der Waals surface area contributed by atoms with Gasteiger partial charge in [0, 0.05) is 17.3 Å². The Morgan fingerprint density at radius 3 is 2.29 bits per heavy atom. The third-order valence-corrected chi connectivity index (χ3v) is 2.18. The van der Waals surface area contributed by atoms with Gasteiger partial charge >= 0.3 is 6.18 Å². The fraction of sp³-hybridized carbons (Fsp3) is 1.00. The van der Waals surface area contributed by atoms with Gasteiger partial charge in [-0.2, -0.15) is 13.2 Å². The molecule has 2 unspecified atom stereocenters. The van der Waals surface area contributed by atoms with Crippen molar-refractivity contribution in [2.75, 3.05) is 6.54 Å². The fourth-order valence-corrected chi connectivity index (χ4v) is 1.77. The van der Waals surface area contributed by atoms with Crippen LogP contribution in [-0.4, -0.2) is 23.6 Å². The van der Waals surface area contributed by atoms with Gasteiger partial charge in [0.05, 0.1) is 0 Å². The van der Waals surface area contributed by atoms with E-state index < -0.39 is 12.6 Å². The molecule has 0 bridgehead atoms. The maximum atomic E-state index is 11.8. The molecule has 0 rings (SSSR count). The van der Waals surface area contributed by atoms with Gasteiger partial charge in [-0.15, -0.1) is 0 Å². The third-order valence-electron chi connectivity index (χ3n) is 1.81. The lowest BCUT2D eigenvalue weighted by Gasteiger charge is -2.15. The SMILES string of the molecule is CC(Br)CC(C)NCCCC(F)(F)F. The van der Waals surface area contributed by atoms with E-state index in [-0.39, 0.29) is 12.5 Å². The summed E-state index contributed by atoms with van der Waals surface area (Å²) in [6, 6.07) is 0.262. The summed E-state index contributed by atoms with van der Waals surface area (Å²) in [7, 11) is 0. The second-order valence-corrected chi connectivity index (χ2v) is 5.15. The van der Waals surface area contributed by atoms with Crippen molar-refractivity contribution in [2.24, 2.45) is 0 Å². The van der Waals surface area contributed by atoms with Gasteiger partial charge in [0.2, 0.25) is 0 Å². The topological polar surface area (TPSA) is 12.0 Å². The molecule has 86 valence electrons. The molecule has 2 atom stereocenters. The summed E-state index contributed by atoms with van der Waals surface area (Å²) in [6.07, 6.45) is -3.64. The molecule has 0 heterocycles. The van der Waals surface area contributed by atoms with Crippen LogP contribution in [0.5, 0.6) is 0 Å². The van der Waals surface area contributed by atoms with E-state index in [0.717, 1.165) is 6.42 Å². The normalized spacial score (nSPS) is 16.7. The molecular weight excluding hydrogens is 259 g/mol. The first-order chi connectivity index (χ1) is 6.31. The minimum Gasteiger partial charge on any atom is -0.314 e. The smallest absolute Gasteiger partial charge is 0.314 e. The van der Waals surface area contributed by atoms with Gasteiger partial charge in [0.1, 0.15) is 0 Å². The summed E-state index contributed by atoms with van der Waals surface area (Å²) in [5.41, 5.74) is 0. The number of hydrogen-bond donors (Lipinski definition) is 1. The summed E-state index contributed by atoms with van der Waals surface area (Å²) in [5, 5.41) is 3.06. The molecule has 14 heavy (non-hydrogen) atoms. The summed E-state index contributed by atoms with van der Waals surface area (Å²) >= 11 is 3.40. The molecule has 0 spiro atoms. The van der Waals surface area contributed by atoms with Gasteiger partial charge in [-0.3, -0.25) is 0 Å². The fourth-order valence-electron chi connectivity index (χ4n) is 1.21. The Morgan fingerprint density at radius 2 is 1.86 bits per heavy atom. The molecular formula is C9H17BrF3N. The van der Waals surface area contributed by atoms with Crippen LogP contribution in [0.2, 0.25) is 0 Å². The van der Waals surface area contributed by atoms with Gasteiger partial charge in [-0.25, -0.2) is 0 Å². The number of hydrogen-bond acceptors (Lipinski definition) is 1. The van der Waals surface area contributed by atoms with E-state index in [2.05, 4.69) is 21.2 Å². The maximum Gasteiger partial charge on any atom is 0.389 e. The molecule has 0 aliphatic rings. The second kappa shape index (κ2) is 6.67. The minimum atomic E-state index is -4.02. The highest BCUT2D eigenvalue weighted by Crippen LogP contribution is 2.20. The van der Waals surface area contributed by atoms with Crippen LogP contribution in [0.25, 0.3) is 0 Å². The van der Waals surface area contributed by atoms with Gasteiger partial charge in [-0.1, -0.05) is 22.9 Å². The maximum absolute atomic E-state index is 11.8. The van der Waals surface area contributed by atoms with Crippen LogP contribution in [0, 0.1) is 0 Å². The Morgan fingerprint density at radius 1 is 1.29 bits per heavy atom. The predicted molar refractivity (Wildman–Crippen MR) is 55.8 cm³/mol. The number of rotatable bonds is 6. The van der Waals surface area contributed by atoms with Gasteiger partial charge in [0.25, 0.3) is 0 Å². The molecule has 0 aromatic carbocycles. The van der Waals surface area contributed by atoms with E-state index in [1.807, 2.05) is 13.8 Å². The molecule has 1 nitrogen and oxygen atoms in total. The Kier molecular flexibility index (Phi) is 6.78. The highest BCUT2D eigenvalue weighted by molar-refractivity contribution is 9.09. The molecule has 0 radical (unpaired) electrons. The molecule has 0 saturated heterocycles. The first-order valence-corrected chi connectivity index (χ1v) is 5.67. The number of nitrogens with one attached hydrogen (secondary N) is 1.